The molecule has 1 aliphatic rings. The number of carbonyl (C=O) groups is 1. The zero-order valence-electron chi connectivity index (χ0n) is 11.7. The van der Waals surface area contributed by atoms with Crippen LogP contribution >= 0.6 is 36.6 Å². The molecule has 0 aromatic rings. The second kappa shape index (κ2) is 10.1. The quantitative estimate of drug-likeness (QED) is 0.734. The van der Waals surface area contributed by atoms with E-state index in [9.17, 15) is 4.79 Å². The molecule has 8 heteroatoms. The van der Waals surface area contributed by atoms with Gasteiger partial charge in [-0.15, -0.1) is 24.8 Å². The third-order valence-corrected chi connectivity index (χ3v) is 4.54. The van der Waals surface area contributed by atoms with Crippen molar-refractivity contribution in [1.82, 2.24) is 10.2 Å². The molecule has 0 aromatic heterocycles. The van der Waals surface area contributed by atoms with E-state index in [0.29, 0.717) is 6.54 Å². The van der Waals surface area contributed by atoms with Gasteiger partial charge in [0.2, 0.25) is 5.91 Å². The Balaban J connectivity index is 0. The van der Waals surface area contributed by atoms with Crippen molar-refractivity contribution >= 4 is 42.5 Å². The molecule has 1 saturated heterocycles. The Morgan fingerprint density at radius 1 is 1.53 bits per heavy atom. The van der Waals surface area contributed by atoms with Gasteiger partial charge in [0.15, 0.2) is 0 Å². The second-order valence-corrected chi connectivity index (χ2v) is 5.81. The Kier molecular flexibility index (Phi) is 11.4. The Bertz CT molecular complexity index is 264. The molecule has 1 rings (SSSR count). The number of likely N-dealkylation sites (N-methyl/N-ethyl adjacent to an activating group) is 1. The molecule has 0 saturated carbocycles. The Hall–Kier alpha value is 0.280. The fraction of sp³-hybridized carbons (Fsp3) is 0.909. The van der Waals surface area contributed by atoms with Gasteiger partial charge in [-0.3, -0.25) is 4.79 Å². The molecule has 0 aromatic carbocycles. The van der Waals surface area contributed by atoms with Crippen LogP contribution in [0.3, 0.4) is 0 Å². The first-order valence-corrected chi connectivity index (χ1v) is 6.95. The van der Waals surface area contributed by atoms with Crippen LogP contribution in [0.5, 0.6) is 0 Å². The minimum absolute atomic E-state index is 0. The number of thioether (sulfide) groups is 1. The van der Waals surface area contributed by atoms with Crippen LogP contribution in [-0.4, -0.2) is 68.3 Å². The van der Waals surface area contributed by atoms with Crippen LogP contribution in [0.15, 0.2) is 0 Å². The van der Waals surface area contributed by atoms with E-state index in [2.05, 4.69) is 24.3 Å². The molecule has 1 fully saturated rings. The first kappa shape index (κ1) is 21.6. The van der Waals surface area contributed by atoms with Crippen LogP contribution < -0.4 is 11.1 Å². The molecule has 116 valence electrons. The molecule has 1 heterocycles. The highest BCUT2D eigenvalue weighted by atomic mass is 35.5. The summed E-state index contributed by atoms with van der Waals surface area (Å²) in [7, 11) is 5.67. The predicted octanol–water partition coefficient (Wildman–Crippen LogP) is 0.357. The number of hydrogen-bond donors (Lipinski definition) is 2. The van der Waals surface area contributed by atoms with E-state index in [-0.39, 0.29) is 42.9 Å². The van der Waals surface area contributed by atoms with E-state index < -0.39 is 6.04 Å². The van der Waals surface area contributed by atoms with Crippen molar-refractivity contribution in [3.05, 3.63) is 0 Å². The first-order chi connectivity index (χ1) is 8.02. The van der Waals surface area contributed by atoms with Crippen molar-refractivity contribution in [3.8, 4) is 0 Å². The SMILES string of the molecule is COCC(N)C(=O)NCC1(N(C)C)CCSC1.Cl.Cl. The van der Waals surface area contributed by atoms with E-state index in [1.54, 1.807) is 7.11 Å². The zero-order chi connectivity index (χ0) is 12.9. The lowest BCUT2D eigenvalue weighted by Gasteiger charge is -2.36. The summed E-state index contributed by atoms with van der Waals surface area (Å²) in [6.07, 6.45) is 1.10. The van der Waals surface area contributed by atoms with Gasteiger partial charge in [-0.1, -0.05) is 0 Å². The number of methoxy groups -OCH3 is 1. The molecule has 3 N–H and O–H groups in total. The molecule has 2 atom stereocenters. The van der Waals surface area contributed by atoms with Crippen LogP contribution in [-0.2, 0) is 9.53 Å². The predicted molar refractivity (Wildman–Crippen MR) is 85.7 cm³/mol. The average Bonchev–Trinajstić information content (AvgIpc) is 2.76. The van der Waals surface area contributed by atoms with Crippen molar-refractivity contribution in [2.24, 2.45) is 5.73 Å². The van der Waals surface area contributed by atoms with Gasteiger partial charge in [-0.25, -0.2) is 0 Å². The van der Waals surface area contributed by atoms with E-state index in [0.717, 1.165) is 17.9 Å². The number of ether oxygens (including phenoxy) is 1. The third-order valence-electron chi connectivity index (χ3n) is 3.31. The molecule has 1 aliphatic heterocycles. The highest BCUT2D eigenvalue weighted by molar-refractivity contribution is 7.99. The Morgan fingerprint density at radius 2 is 2.16 bits per heavy atom. The number of nitrogens with two attached hydrogens (primary N) is 1. The van der Waals surface area contributed by atoms with Crippen molar-refractivity contribution in [2.45, 2.75) is 18.0 Å². The summed E-state index contributed by atoms with van der Waals surface area (Å²) >= 11 is 1.93. The fourth-order valence-electron chi connectivity index (χ4n) is 1.88. The summed E-state index contributed by atoms with van der Waals surface area (Å²) in [5, 5.41) is 2.93. The van der Waals surface area contributed by atoms with Crippen LogP contribution in [0.25, 0.3) is 0 Å². The standard InChI is InChI=1S/C11H23N3O2S.2ClH/c1-14(2)11(4-5-17-8-11)7-13-10(15)9(12)6-16-3;;/h9H,4-8,12H2,1-3H3,(H,13,15);2*1H. The Morgan fingerprint density at radius 3 is 2.58 bits per heavy atom. The molecule has 2 unspecified atom stereocenters. The smallest absolute Gasteiger partial charge is 0.239 e. The van der Waals surface area contributed by atoms with E-state index in [1.807, 2.05) is 11.8 Å². The molecule has 1 amide bonds. The van der Waals surface area contributed by atoms with Gasteiger partial charge in [-0.2, -0.15) is 11.8 Å². The van der Waals surface area contributed by atoms with Crippen LogP contribution in [0.4, 0.5) is 0 Å². The molecular formula is C11H25Cl2N3O2S. The molecule has 19 heavy (non-hydrogen) atoms. The molecule has 0 spiro atoms. The molecule has 0 bridgehead atoms. The lowest BCUT2D eigenvalue weighted by atomic mass is 9.97. The maximum absolute atomic E-state index is 11.7. The summed E-state index contributed by atoms with van der Waals surface area (Å²) in [6.45, 7) is 0.915. The maximum Gasteiger partial charge on any atom is 0.239 e. The van der Waals surface area contributed by atoms with E-state index in [4.69, 9.17) is 10.5 Å². The summed E-state index contributed by atoms with van der Waals surface area (Å²) in [5.41, 5.74) is 5.75. The largest absolute Gasteiger partial charge is 0.383 e. The van der Waals surface area contributed by atoms with Gasteiger partial charge in [-0.05, 0) is 26.3 Å². The summed E-state index contributed by atoms with van der Waals surface area (Å²) in [5.74, 6) is 2.07. The molecule has 5 nitrogen and oxygen atoms in total. The number of halogens is 2. The summed E-state index contributed by atoms with van der Waals surface area (Å²) in [4.78, 5) is 13.9. The lowest BCUT2D eigenvalue weighted by molar-refractivity contribution is -0.123. The molecule has 0 radical (unpaired) electrons. The number of amides is 1. The fourth-order valence-corrected chi connectivity index (χ4v) is 3.44. The number of nitrogens with one attached hydrogen (secondary N) is 1. The van der Waals surface area contributed by atoms with Gasteiger partial charge in [0.05, 0.1) is 6.61 Å². The topological polar surface area (TPSA) is 67.6 Å². The van der Waals surface area contributed by atoms with Crippen molar-refractivity contribution < 1.29 is 9.53 Å². The minimum atomic E-state index is -0.576. The number of hydrogen-bond acceptors (Lipinski definition) is 5. The van der Waals surface area contributed by atoms with Crippen LogP contribution in [0.1, 0.15) is 6.42 Å². The van der Waals surface area contributed by atoms with Gasteiger partial charge in [0, 0.05) is 24.9 Å². The van der Waals surface area contributed by atoms with E-state index >= 15 is 0 Å². The molecule has 0 aliphatic carbocycles. The van der Waals surface area contributed by atoms with Crippen LogP contribution in [0.2, 0.25) is 0 Å². The van der Waals surface area contributed by atoms with Crippen LogP contribution in [0, 0.1) is 0 Å². The number of rotatable bonds is 6. The van der Waals surface area contributed by atoms with Crippen molar-refractivity contribution in [3.63, 3.8) is 0 Å². The minimum Gasteiger partial charge on any atom is -0.383 e. The maximum atomic E-state index is 11.7. The zero-order valence-corrected chi connectivity index (χ0v) is 14.1. The lowest BCUT2D eigenvalue weighted by Crippen LogP contribution is -2.55. The first-order valence-electron chi connectivity index (χ1n) is 5.79. The highest BCUT2D eigenvalue weighted by Gasteiger charge is 2.37. The van der Waals surface area contributed by atoms with Gasteiger partial charge in [0.1, 0.15) is 6.04 Å². The van der Waals surface area contributed by atoms with Crippen molar-refractivity contribution in [2.75, 3.05) is 45.9 Å². The monoisotopic (exact) mass is 333 g/mol. The highest BCUT2D eigenvalue weighted by Crippen LogP contribution is 2.31. The molecular weight excluding hydrogens is 309 g/mol. The van der Waals surface area contributed by atoms with Gasteiger partial charge >= 0.3 is 0 Å². The number of nitrogens with zero attached hydrogens (tertiary/aromatic N) is 1. The third kappa shape index (κ3) is 6.06. The van der Waals surface area contributed by atoms with Crippen molar-refractivity contribution in [1.29, 1.82) is 0 Å². The normalized spacial score (nSPS) is 23.4. The number of carbonyl (C=O) groups excluding carboxylic acids is 1. The van der Waals surface area contributed by atoms with Gasteiger partial charge < -0.3 is 20.7 Å². The summed E-state index contributed by atoms with van der Waals surface area (Å²) in [6, 6.07) is -0.576. The summed E-state index contributed by atoms with van der Waals surface area (Å²) < 4.78 is 4.87. The second-order valence-electron chi connectivity index (χ2n) is 4.70. The Labute approximate surface area is 132 Å². The average molecular weight is 334 g/mol. The van der Waals surface area contributed by atoms with E-state index in [1.165, 1.54) is 0 Å². The van der Waals surface area contributed by atoms with Gasteiger partial charge in [0.25, 0.3) is 0 Å².